The SMILES string of the molecule is COc1cc2nccc(Oc3ccc(CC(=O)c4c(Cl)n(C)c(C)c(-c5ccc(F)cc5)c4=O)cc3F)c2nc1OC. The summed E-state index contributed by atoms with van der Waals surface area (Å²) in [6.45, 7) is 1.68. The Morgan fingerprint density at radius 2 is 1.71 bits per heavy atom. The number of fused-ring (bicyclic) bond motifs is 1. The Hall–Kier alpha value is -4.83. The van der Waals surface area contributed by atoms with Crippen molar-refractivity contribution in [3.63, 3.8) is 0 Å². The summed E-state index contributed by atoms with van der Waals surface area (Å²) in [5, 5.41) is -0.0436. The van der Waals surface area contributed by atoms with Crippen LogP contribution in [0.4, 0.5) is 8.78 Å². The molecule has 0 aliphatic carbocycles. The maximum atomic E-state index is 15.2. The lowest BCUT2D eigenvalue weighted by atomic mass is 9.97. The van der Waals surface area contributed by atoms with Gasteiger partial charge in [-0.15, -0.1) is 0 Å². The fourth-order valence-corrected chi connectivity index (χ4v) is 4.90. The van der Waals surface area contributed by atoms with E-state index in [0.717, 1.165) is 6.07 Å². The van der Waals surface area contributed by atoms with Crippen LogP contribution in [0, 0.1) is 18.6 Å². The van der Waals surface area contributed by atoms with Crippen molar-refractivity contribution < 1.29 is 27.8 Å². The first-order valence-electron chi connectivity index (χ1n) is 12.6. The summed E-state index contributed by atoms with van der Waals surface area (Å²) in [6, 6.07) is 12.6. The van der Waals surface area contributed by atoms with E-state index in [-0.39, 0.29) is 40.1 Å². The minimum atomic E-state index is -0.736. The van der Waals surface area contributed by atoms with Crippen LogP contribution in [0.25, 0.3) is 22.2 Å². The van der Waals surface area contributed by atoms with Crippen molar-refractivity contribution in [2.75, 3.05) is 14.2 Å². The fraction of sp³-hybridized carbons (Fsp3) is 0.161. The van der Waals surface area contributed by atoms with Crippen molar-refractivity contribution in [3.8, 4) is 34.3 Å². The van der Waals surface area contributed by atoms with Crippen LogP contribution in [0.3, 0.4) is 0 Å². The normalized spacial score (nSPS) is 11.0. The molecule has 11 heteroatoms. The smallest absolute Gasteiger partial charge is 0.257 e. The Kier molecular flexibility index (Phi) is 7.91. The van der Waals surface area contributed by atoms with Gasteiger partial charge in [0.05, 0.1) is 19.7 Å². The number of Topliss-reactive ketones (excluding diaryl/α,β-unsaturated/α-hetero) is 1. The molecular formula is C31H24ClF2N3O5. The summed E-state index contributed by atoms with van der Waals surface area (Å²) in [7, 11) is 4.54. The second-order valence-corrected chi connectivity index (χ2v) is 9.72. The van der Waals surface area contributed by atoms with Crippen molar-refractivity contribution in [2.45, 2.75) is 13.3 Å². The number of ether oxygens (including phenoxy) is 3. The van der Waals surface area contributed by atoms with Crippen LogP contribution < -0.4 is 19.6 Å². The van der Waals surface area contributed by atoms with Gasteiger partial charge in [0.1, 0.15) is 22.1 Å². The van der Waals surface area contributed by atoms with Gasteiger partial charge >= 0.3 is 0 Å². The van der Waals surface area contributed by atoms with E-state index in [2.05, 4.69) is 9.97 Å². The molecule has 0 radical (unpaired) electrons. The molecule has 2 aromatic carbocycles. The molecule has 3 heterocycles. The molecule has 0 spiro atoms. The highest BCUT2D eigenvalue weighted by atomic mass is 35.5. The van der Waals surface area contributed by atoms with E-state index in [1.54, 1.807) is 20.0 Å². The van der Waals surface area contributed by atoms with Crippen molar-refractivity contribution in [1.29, 1.82) is 0 Å². The minimum absolute atomic E-state index is 0.0436. The predicted molar refractivity (Wildman–Crippen MR) is 154 cm³/mol. The van der Waals surface area contributed by atoms with E-state index in [9.17, 15) is 14.0 Å². The molecule has 0 N–H and O–H groups in total. The molecule has 0 bridgehead atoms. The maximum Gasteiger partial charge on any atom is 0.257 e. The summed E-state index contributed by atoms with van der Waals surface area (Å²) in [5.41, 5.74) is 1.45. The third kappa shape index (κ3) is 5.28. The van der Waals surface area contributed by atoms with Crippen molar-refractivity contribution in [3.05, 3.63) is 105 Å². The van der Waals surface area contributed by atoms with Crippen LogP contribution in [0.2, 0.25) is 5.15 Å². The molecule has 0 unspecified atom stereocenters. The molecule has 8 nitrogen and oxygen atoms in total. The number of carbonyl (C=O) groups excluding carboxylic acids is 1. The van der Waals surface area contributed by atoms with Gasteiger partial charge in [0.2, 0.25) is 5.43 Å². The van der Waals surface area contributed by atoms with Gasteiger partial charge in [-0.05, 0) is 42.3 Å². The number of benzene rings is 2. The van der Waals surface area contributed by atoms with Crippen molar-refractivity contribution in [2.24, 2.45) is 7.05 Å². The molecule has 0 fully saturated rings. The number of hydrogen-bond donors (Lipinski definition) is 0. The number of ketones is 1. The first-order chi connectivity index (χ1) is 20.1. The molecular weight excluding hydrogens is 568 g/mol. The summed E-state index contributed by atoms with van der Waals surface area (Å²) in [6.07, 6.45) is 1.19. The lowest BCUT2D eigenvalue weighted by molar-refractivity contribution is 0.0991. The molecule has 3 aromatic heterocycles. The number of pyridine rings is 3. The quantitative estimate of drug-likeness (QED) is 0.151. The Morgan fingerprint density at radius 3 is 2.38 bits per heavy atom. The number of carbonyl (C=O) groups is 1. The zero-order valence-corrected chi connectivity index (χ0v) is 23.8. The van der Waals surface area contributed by atoms with Gasteiger partial charge in [0.15, 0.2) is 28.8 Å². The molecule has 0 aliphatic heterocycles. The fourth-order valence-electron chi connectivity index (χ4n) is 4.58. The molecule has 42 heavy (non-hydrogen) atoms. The van der Waals surface area contributed by atoms with Gasteiger partial charge in [-0.2, -0.15) is 0 Å². The van der Waals surface area contributed by atoms with E-state index < -0.39 is 22.8 Å². The molecule has 5 aromatic rings. The number of aromatic nitrogens is 3. The zero-order chi connectivity index (χ0) is 30.1. The second-order valence-electron chi connectivity index (χ2n) is 9.36. The summed E-state index contributed by atoms with van der Waals surface area (Å²) in [4.78, 5) is 35.5. The van der Waals surface area contributed by atoms with Gasteiger partial charge in [-0.1, -0.05) is 29.8 Å². The number of hydrogen-bond acceptors (Lipinski definition) is 7. The second kappa shape index (κ2) is 11.6. The average Bonchev–Trinajstić information content (AvgIpc) is 2.98. The Balaban J connectivity index is 1.45. The molecule has 0 saturated heterocycles. The van der Waals surface area contributed by atoms with Crippen LogP contribution in [-0.2, 0) is 13.5 Å². The Bertz CT molecular complexity index is 1910. The van der Waals surface area contributed by atoms with Crippen LogP contribution in [0.1, 0.15) is 21.6 Å². The standard InChI is InChI=1S/C31H24ClF2N3O5/c1-16-26(18-6-8-19(33)9-7-18)29(39)27(30(32)37(16)2)22(38)14-17-5-10-23(20(34)13-17)42-24-11-12-35-21-15-25(40-3)31(41-4)36-28(21)24/h5-13,15H,14H2,1-4H3. The average molecular weight is 592 g/mol. The Labute approximate surface area is 244 Å². The predicted octanol–water partition coefficient (Wildman–Crippen LogP) is 6.47. The Morgan fingerprint density at radius 1 is 0.976 bits per heavy atom. The van der Waals surface area contributed by atoms with Crippen LogP contribution in [0.5, 0.6) is 23.1 Å². The molecule has 0 aliphatic rings. The van der Waals surface area contributed by atoms with Gasteiger partial charge < -0.3 is 18.8 Å². The topological polar surface area (TPSA) is 92.5 Å². The van der Waals surface area contributed by atoms with E-state index in [1.807, 2.05) is 0 Å². The van der Waals surface area contributed by atoms with E-state index in [1.165, 1.54) is 67.4 Å². The monoisotopic (exact) mass is 591 g/mol. The summed E-state index contributed by atoms with van der Waals surface area (Å²) in [5.74, 6) is -1.08. The highest BCUT2D eigenvalue weighted by Gasteiger charge is 2.24. The molecule has 0 saturated carbocycles. The van der Waals surface area contributed by atoms with Crippen LogP contribution in [-0.4, -0.2) is 34.5 Å². The lowest BCUT2D eigenvalue weighted by Crippen LogP contribution is -2.24. The van der Waals surface area contributed by atoms with Crippen molar-refractivity contribution >= 4 is 28.4 Å². The largest absolute Gasteiger partial charge is 0.491 e. The minimum Gasteiger partial charge on any atom is -0.491 e. The van der Waals surface area contributed by atoms with Crippen LogP contribution in [0.15, 0.2) is 65.6 Å². The van der Waals surface area contributed by atoms with E-state index >= 15 is 4.39 Å². The highest BCUT2D eigenvalue weighted by molar-refractivity contribution is 6.33. The van der Waals surface area contributed by atoms with E-state index in [4.69, 9.17) is 25.8 Å². The third-order valence-electron chi connectivity index (χ3n) is 6.83. The highest BCUT2D eigenvalue weighted by Crippen LogP contribution is 2.35. The van der Waals surface area contributed by atoms with Gasteiger partial charge in [-0.3, -0.25) is 14.6 Å². The molecule has 5 rings (SSSR count). The van der Waals surface area contributed by atoms with Crippen LogP contribution >= 0.6 is 11.6 Å². The summed E-state index contributed by atoms with van der Waals surface area (Å²) >= 11 is 6.44. The molecule has 0 amide bonds. The lowest BCUT2D eigenvalue weighted by Gasteiger charge is -2.16. The van der Waals surface area contributed by atoms with Gasteiger partial charge in [0, 0.05) is 43.1 Å². The van der Waals surface area contributed by atoms with E-state index in [0.29, 0.717) is 33.6 Å². The van der Waals surface area contributed by atoms with Crippen molar-refractivity contribution in [1.82, 2.24) is 14.5 Å². The molecule has 214 valence electrons. The molecule has 0 atom stereocenters. The first kappa shape index (κ1) is 28.7. The zero-order valence-electron chi connectivity index (χ0n) is 23.0. The maximum absolute atomic E-state index is 15.2. The number of rotatable bonds is 8. The van der Waals surface area contributed by atoms with Gasteiger partial charge in [0.25, 0.3) is 5.88 Å². The van der Waals surface area contributed by atoms with Gasteiger partial charge in [-0.25, -0.2) is 13.8 Å². The third-order valence-corrected chi connectivity index (χ3v) is 7.28. The number of nitrogens with zero attached hydrogens (tertiary/aromatic N) is 3. The number of methoxy groups -OCH3 is 2. The number of halogens is 3. The summed E-state index contributed by atoms with van der Waals surface area (Å²) < 4.78 is 46.6. The first-order valence-corrected chi connectivity index (χ1v) is 13.0.